The minimum Gasteiger partial charge on any atom is -0.479 e. The molecule has 2 atom stereocenters. The van der Waals surface area contributed by atoms with Crippen molar-refractivity contribution in [3.05, 3.63) is 158 Å². The lowest BCUT2D eigenvalue weighted by Crippen LogP contribution is -2.35. The highest BCUT2D eigenvalue weighted by Gasteiger charge is 2.34. The molecule has 0 aliphatic heterocycles. The van der Waals surface area contributed by atoms with E-state index in [-0.39, 0.29) is 0 Å². The Morgan fingerprint density at radius 3 is 0.981 bits per heavy atom. The summed E-state index contributed by atoms with van der Waals surface area (Å²) < 4.78 is 13.7. The van der Waals surface area contributed by atoms with Crippen molar-refractivity contribution in [1.82, 2.24) is 0 Å². The van der Waals surface area contributed by atoms with Gasteiger partial charge in [0.05, 0.1) is 0 Å². The summed E-state index contributed by atoms with van der Waals surface area (Å²) in [5.41, 5.74) is -0.430. The van der Waals surface area contributed by atoms with E-state index in [0.29, 0.717) is 24.3 Å². The van der Waals surface area contributed by atoms with Crippen LogP contribution in [0.15, 0.2) is 158 Å². The molecule has 262 valence electrons. The van der Waals surface area contributed by atoms with E-state index >= 15 is 0 Å². The van der Waals surface area contributed by atoms with E-state index in [1.54, 1.807) is 0 Å². The van der Waals surface area contributed by atoms with Gasteiger partial charge in [0.2, 0.25) is 0 Å². The molecule has 0 N–H and O–H groups in total. The number of aldehydes is 2. The maximum atomic E-state index is 12.7. The average molecular weight is 723 g/mol. The standard InChI is InChI=1S/C46H44O4P2/c1-5-45(3,33-47)49-39-29-19-31-41(51(35-21-11-7-12-22-35)36-23-13-8-14-24-36)43(39)44-40(50-46(4,6-2)34-48)30-20-32-42(44)52(37-25-15-9-16-26-37)38-27-17-10-18-28-38/h7-34H,5-6H2,1-4H3. The molecule has 0 radical (unpaired) electrons. The van der Waals surface area contributed by atoms with Crippen molar-refractivity contribution in [2.24, 2.45) is 0 Å². The topological polar surface area (TPSA) is 52.6 Å². The van der Waals surface area contributed by atoms with Crippen LogP contribution in [0.2, 0.25) is 0 Å². The van der Waals surface area contributed by atoms with Crippen LogP contribution >= 0.6 is 15.8 Å². The molecular weight excluding hydrogens is 678 g/mol. The third-order valence-corrected chi connectivity index (χ3v) is 14.4. The summed E-state index contributed by atoms with van der Waals surface area (Å²) in [4.78, 5) is 25.3. The molecule has 2 unspecified atom stereocenters. The molecule has 4 nitrogen and oxygen atoms in total. The first-order valence-electron chi connectivity index (χ1n) is 17.7. The summed E-state index contributed by atoms with van der Waals surface area (Å²) >= 11 is 0. The molecule has 52 heavy (non-hydrogen) atoms. The van der Waals surface area contributed by atoms with Gasteiger partial charge >= 0.3 is 0 Å². The van der Waals surface area contributed by atoms with Gasteiger partial charge in [-0.2, -0.15) is 0 Å². The Balaban J connectivity index is 1.78. The Hall–Kier alpha value is -4.88. The van der Waals surface area contributed by atoms with E-state index in [0.717, 1.165) is 34.3 Å². The first-order valence-corrected chi connectivity index (χ1v) is 20.4. The Morgan fingerprint density at radius 2 is 0.731 bits per heavy atom. The molecule has 0 aromatic heterocycles. The Morgan fingerprint density at radius 1 is 0.442 bits per heavy atom. The normalized spacial score (nSPS) is 13.6. The van der Waals surface area contributed by atoms with Gasteiger partial charge in [-0.1, -0.05) is 159 Å². The van der Waals surface area contributed by atoms with Gasteiger partial charge in [0.1, 0.15) is 11.5 Å². The van der Waals surface area contributed by atoms with Crippen molar-refractivity contribution < 1.29 is 19.1 Å². The van der Waals surface area contributed by atoms with Crippen LogP contribution in [0.3, 0.4) is 0 Å². The number of ether oxygens (including phenoxy) is 2. The zero-order valence-corrected chi connectivity index (χ0v) is 31.9. The summed E-state index contributed by atoms with van der Waals surface area (Å²) in [6, 6.07) is 54.6. The maximum absolute atomic E-state index is 12.7. The Bertz CT molecular complexity index is 1860. The van der Waals surface area contributed by atoms with E-state index in [1.807, 2.05) is 76.2 Å². The highest BCUT2D eigenvalue weighted by Crippen LogP contribution is 2.48. The van der Waals surface area contributed by atoms with E-state index < -0.39 is 27.0 Å². The molecule has 0 fully saturated rings. The average Bonchev–Trinajstić information content (AvgIpc) is 3.20. The highest BCUT2D eigenvalue weighted by molar-refractivity contribution is 7.80. The minimum absolute atomic E-state index is 0.483. The molecule has 0 heterocycles. The second-order valence-corrected chi connectivity index (χ2v) is 17.5. The summed E-state index contributed by atoms with van der Waals surface area (Å²) in [6.45, 7) is 7.58. The largest absolute Gasteiger partial charge is 0.479 e. The van der Waals surface area contributed by atoms with Gasteiger partial charge in [-0.15, -0.1) is 0 Å². The number of hydrogen-bond donors (Lipinski definition) is 0. The van der Waals surface area contributed by atoms with Crippen LogP contribution in [0.25, 0.3) is 11.1 Å². The van der Waals surface area contributed by atoms with Crippen LogP contribution in [-0.2, 0) is 9.59 Å². The zero-order valence-electron chi connectivity index (χ0n) is 30.1. The lowest BCUT2D eigenvalue weighted by molar-refractivity contribution is -0.121. The van der Waals surface area contributed by atoms with Gasteiger partial charge < -0.3 is 9.47 Å². The van der Waals surface area contributed by atoms with E-state index in [1.165, 1.54) is 21.2 Å². The molecule has 6 aromatic rings. The second-order valence-electron chi connectivity index (χ2n) is 13.1. The predicted molar refractivity (Wildman–Crippen MR) is 220 cm³/mol. The Kier molecular flexibility index (Phi) is 11.8. The van der Waals surface area contributed by atoms with Crippen LogP contribution in [0.5, 0.6) is 11.5 Å². The lowest BCUT2D eigenvalue weighted by atomic mass is 10.00. The fourth-order valence-electron chi connectivity index (χ4n) is 6.11. The zero-order chi connectivity index (χ0) is 36.6. The molecule has 0 amide bonds. The summed E-state index contributed by atoms with van der Waals surface area (Å²) in [5, 5.41) is 6.83. The fraction of sp³-hybridized carbons (Fsp3) is 0.174. The molecular formula is C46H44O4P2. The predicted octanol–water partition coefficient (Wildman–Crippen LogP) is 8.36. The highest BCUT2D eigenvalue weighted by atomic mass is 31.1. The number of rotatable bonds is 15. The quantitative estimate of drug-likeness (QED) is 0.0790. The summed E-state index contributed by atoms with van der Waals surface area (Å²) in [5.74, 6) is 1.18. The van der Waals surface area contributed by atoms with Crippen molar-refractivity contribution >= 4 is 60.2 Å². The number of carbonyl (C=O) groups excluding carboxylic acids is 2. The molecule has 0 spiro atoms. The van der Waals surface area contributed by atoms with Crippen LogP contribution in [0.1, 0.15) is 40.5 Å². The maximum Gasteiger partial charge on any atom is 0.163 e. The summed E-state index contributed by atoms with van der Waals surface area (Å²) in [7, 11) is -2.27. The second kappa shape index (κ2) is 16.6. The molecule has 0 saturated carbocycles. The molecule has 0 saturated heterocycles. The number of benzene rings is 6. The van der Waals surface area contributed by atoms with Gasteiger partial charge in [0.25, 0.3) is 0 Å². The van der Waals surface area contributed by atoms with Crippen molar-refractivity contribution in [3.63, 3.8) is 0 Å². The van der Waals surface area contributed by atoms with Gasteiger partial charge in [-0.25, -0.2) is 0 Å². The molecule has 0 aliphatic rings. The molecule has 6 heteroatoms. The minimum atomic E-state index is -1.14. The monoisotopic (exact) mass is 722 g/mol. The van der Waals surface area contributed by atoms with Crippen molar-refractivity contribution in [3.8, 4) is 22.6 Å². The molecule has 0 bridgehead atoms. The molecule has 6 rings (SSSR count). The van der Waals surface area contributed by atoms with E-state index in [4.69, 9.17) is 9.47 Å². The SMILES string of the molecule is CCC(C)(C=O)Oc1cccc(P(c2ccccc2)c2ccccc2)c1-c1c(OC(C)(C=O)CC)cccc1P(c1ccccc1)c1ccccc1. The molecule has 6 aromatic carbocycles. The van der Waals surface area contributed by atoms with Crippen LogP contribution in [0, 0.1) is 0 Å². The summed E-state index contributed by atoms with van der Waals surface area (Å²) in [6.07, 6.45) is 2.75. The van der Waals surface area contributed by atoms with E-state index in [2.05, 4.69) is 109 Å². The van der Waals surface area contributed by atoms with E-state index in [9.17, 15) is 9.59 Å². The van der Waals surface area contributed by atoms with Gasteiger partial charge in [-0.3, -0.25) is 9.59 Å². The number of hydrogen-bond acceptors (Lipinski definition) is 4. The molecule has 0 aliphatic carbocycles. The first-order chi connectivity index (χ1) is 25.3. The van der Waals surface area contributed by atoms with Crippen molar-refractivity contribution in [1.29, 1.82) is 0 Å². The Labute approximate surface area is 310 Å². The van der Waals surface area contributed by atoms with Crippen LogP contribution in [-0.4, -0.2) is 23.8 Å². The lowest BCUT2D eigenvalue weighted by Gasteiger charge is -2.32. The smallest absolute Gasteiger partial charge is 0.163 e. The van der Waals surface area contributed by atoms with Gasteiger partial charge in [0.15, 0.2) is 23.8 Å². The van der Waals surface area contributed by atoms with Crippen molar-refractivity contribution in [2.75, 3.05) is 0 Å². The van der Waals surface area contributed by atoms with Crippen LogP contribution < -0.4 is 41.3 Å². The fourth-order valence-corrected chi connectivity index (χ4v) is 11.1. The third-order valence-electron chi connectivity index (χ3n) is 9.39. The number of carbonyl (C=O) groups is 2. The third kappa shape index (κ3) is 7.95. The van der Waals surface area contributed by atoms with Gasteiger partial charge in [0, 0.05) is 11.1 Å². The van der Waals surface area contributed by atoms with Crippen molar-refractivity contribution in [2.45, 2.75) is 51.7 Å². The first kappa shape index (κ1) is 36.9. The van der Waals surface area contributed by atoms with Crippen LogP contribution in [0.4, 0.5) is 0 Å². The van der Waals surface area contributed by atoms with Gasteiger partial charge in [-0.05, 0) is 86.5 Å².